The van der Waals surface area contributed by atoms with Crippen LogP contribution in [0, 0.1) is 5.92 Å². The molecule has 0 aromatic heterocycles. The van der Waals surface area contributed by atoms with Gasteiger partial charge in [0.25, 0.3) is 0 Å². The highest BCUT2D eigenvalue weighted by Gasteiger charge is 2.48. The molecule has 8 heteroatoms. The van der Waals surface area contributed by atoms with Gasteiger partial charge in [-0.1, -0.05) is 0 Å². The molecule has 0 saturated carbocycles. The van der Waals surface area contributed by atoms with E-state index in [1.165, 1.54) is 0 Å². The van der Waals surface area contributed by atoms with Crippen molar-refractivity contribution < 1.29 is 35.9 Å². The third kappa shape index (κ3) is 4.39. The van der Waals surface area contributed by atoms with Crippen LogP contribution in [0.25, 0.3) is 0 Å². The van der Waals surface area contributed by atoms with Gasteiger partial charge in [-0.05, 0) is 0 Å². The molecule has 0 saturated heterocycles. The lowest BCUT2D eigenvalue weighted by atomic mass is 10.0. The van der Waals surface area contributed by atoms with Gasteiger partial charge < -0.3 is 4.74 Å². The molecule has 15 heavy (non-hydrogen) atoms. The second-order valence-electron chi connectivity index (χ2n) is 2.71. The minimum Gasteiger partial charge on any atom is -0.467 e. The Morgan fingerprint density at radius 2 is 1.73 bits per heavy atom. The normalized spacial score (nSPS) is 16.3. The highest BCUT2D eigenvalue weighted by atomic mass is 19.4. The van der Waals surface area contributed by atoms with Crippen LogP contribution in [0.1, 0.15) is 6.42 Å². The zero-order chi connectivity index (χ0) is 12.2. The molecule has 0 aliphatic heterocycles. The van der Waals surface area contributed by atoms with E-state index < -0.39 is 37.1 Å². The fourth-order valence-corrected chi connectivity index (χ4v) is 0.826. The molecule has 0 N–H and O–H groups in total. The molecule has 0 radical (unpaired) electrons. The number of rotatable bonds is 4. The Hall–Kier alpha value is -0.950. The summed E-state index contributed by atoms with van der Waals surface area (Å²) in [6.45, 7) is 0. The summed E-state index contributed by atoms with van der Waals surface area (Å²) in [6, 6.07) is 0. The summed E-state index contributed by atoms with van der Waals surface area (Å²) < 4.78 is 75.9. The Bertz CT molecular complexity index is 214. The van der Waals surface area contributed by atoms with E-state index in [0.717, 1.165) is 7.11 Å². The van der Waals surface area contributed by atoms with Gasteiger partial charge in [-0.2, -0.15) is 13.2 Å². The van der Waals surface area contributed by atoms with E-state index in [0.29, 0.717) is 0 Å². The first-order chi connectivity index (χ1) is 6.70. The molecule has 0 amide bonds. The maximum Gasteiger partial charge on any atom is 0.397 e. The number of methoxy groups -OCH3 is 1. The van der Waals surface area contributed by atoms with Crippen LogP contribution in [0.3, 0.4) is 0 Å². The Labute approximate surface area is 81.2 Å². The molecule has 2 nitrogen and oxygen atoms in total. The summed E-state index contributed by atoms with van der Waals surface area (Å²) in [5.74, 6) is -4.75. The number of hydrogen-bond donors (Lipinski definition) is 0. The Morgan fingerprint density at radius 1 is 1.27 bits per heavy atom. The largest absolute Gasteiger partial charge is 0.467 e. The fourth-order valence-electron chi connectivity index (χ4n) is 0.826. The topological polar surface area (TPSA) is 26.3 Å². The quantitative estimate of drug-likeness (QED) is 0.555. The van der Waals surface area contributed by atoms with Crippen molar-refractivity contribution in [3.63, 3.8) is 0 Å². The van der Waals surface area contributed by atoms with Gasteiger partial charge in [0, 0.05) is 6.42 Å². The Morgan fingerprint density at radius 3 is 2.00 bits per heavy atom. The van der Waals surface area contributed by atoms with Crippen LogP contribution < -0.4 is 0 Å². The first-order valence-corrected chi connectivity index (χ1v) is 3.77. The number of ether oxygens (including phenoxy) is 1. The van der Waals surface area contributed by atoms with E-state index in [4.69, 9.17) is 0 Å². The molecule has 0 bridgehead atoms. The second-order valence-corrected chi connectivity index (χ2v) is 2.71. The fraction of sp³-hybridized carbons (Fsp3) is 0.857. The summed E-state index contributed by atoms with van der Waals surface area (Å²) in [5.41, 5.74) is 0. The van der Waals surface area contributed by atoms with Gasteiger partial charge >= 0.3 is 12.1 Å². The minimum atomic E-state index is -5.24. The number of carbonyl (C=O) groups excluding carboxylic acids is 1. The van der Waals surface area contributed by atoms with Crippen molar-refractivity contribution in [2.45, 2.75) is 25.2 Å². The molecule has 0 heterocycles. The third-order valence-electron chi connectivity index (χ3n) is 1.64. The van der Waals surface area contributed by atoms with Gasteiger partial charge in [0.2, 0.25) is 6.43 Å². The minimum absolute atomic E-state index is 0.750. The molecule has 2 unspecified atom stereocenters. The molecule has 0 fully saturated rings. The molecule has 0 spiro atoms. The number of halogens is 6. The van der Waals surface area contributed by atoms with Crippen molar-refractivity contribution in [3.8, 4) is 0 Å². The Kier molecular flexibility index (Phi) is 4.89. The van der Waals surface area contributed by atoms with Crippen LogP contribution in [-0.4, -0.2) is 31.9 Å². The highest BCUT2D eigenvalue weighted by Crippen LogP contribution is 2.35. The van der Waals surface area contributed by atoms with E-state index in [2.05, 4.69) is 4.74 Å². The highest BCUT2D eigenvalue weighted by molar-refractivity contribution is 5.74. The van der Waals surface area contributed by atoms with E-state index in [1.807, 2.05) is 0 Å². The zero-order valence-corrected chi connectivity index (χ0v) is 7.52. The number of carbonyl (C=O) groups is 1. The average molecular weight is 238 g/mol. The first kappa shape index (κ1) is 14.0. The monoisotopic (exact) mass is 238 g/mol. The van der Waals surface area contributed by atoms with Crippen molar-refractivity contribution in [1.29, 1.82) is 0 Å². The van der Waals surface area contributed by atoms with Crippen LogP contribution >= 0.6 is 0 Å². The van der Waals surface area contributed by atoms with E-state index in [9.17, 15) is 31.1 Å². The molecule has 0 aliphatic carbocycles. The third-order valence-corrected chi connectivity index (χ3v) is 1.64. The molecule has 2 atom stereocenters. The van der Waals surface area contributed by atoms with Crippen LogP contribution in [0.4, 0.5) is 26.3 Å². The SMILES string of the molecule is COC(=O)C(F)CC(C(F)F)C(F)(F)F. The van der Waals surface area contributed by atoms with E-state index in [1.54, 1.807) is 0 Å². The Balaban J connectivity index is 4.50. The van der Waals surface area contributed by atoms with Crippen molar-refractivity contribution >= 4 is 5.97 Å². The summed E-state index contributed by atoms with van der Waals surface area (Å²) >= 11 is 0. The lowest BCUT2D eigenvalue weighted by Crippen LogP contribution is -2.34. The van der Waals surface area contributed by atoms with Gasteiger partial charge in [-0.3, -0.25) is 0 Å². The summed E-state index contributed by atoms with van der Waals surface area (Å²) in [5, 5.41) is 0. The molecule has 0 aromatic carbocycles. The predicted molar refractivity (Wildman–Crippen MR) is 37.1 cm³/mol. The number of esters is 1. The lowest BCUT2D eigenvalue weighted by Gasteiger charge is -2.20. The maximum atomic E-state index is 12.6. The van der Waals surface area contributed by atoms with Crippen molar-refractivity contribution in [2.75, 3.05) is 7.11 Å². The molecule has 0 aromatic rings. The van der Waals surface area contributed by atoms with Crippen LogP contribution in [0.15, 0.2) is 0 Å². The zero-order valence-electron chi connectivity index (χ0n) is 7.52. The van der Waals surface area contributed by atoms with Crippen LogP contribution in [-0.2, 0) is 9.53 Å². The molecule has 0 aliphatic rings. The smallest absolute Gasteiger partial charge is 0.397 e. The van der Waals surface area contributed by atoms with Gasteiger partial charge in [0.1, 0.15) is 5.92 Å². The van der Waals surface area contributed by atoms with Crippen LogP contribution in [0.5, 0.6) is 0 Å². The molecule has 90 valence electrons. The van der Waals surface area contributed by atoms with Crippen molar-refractivity contribution in [2.24, 2.45) is 5.92 Å². The first-order valence-electron chi connectivity index (χ1n) is 3.77. The van der Waals surface area contributed by atoms with E-state index in [-0.39, 0.29) is 0 Å². The predicted octanol–water partition coefficient (Wildman–Crippen LogP) is 2.33. The number of alkyl halides is 6. The summed E-state index contributed by atoms with van der Waals surface area (Å²) in [4.78, 5) is 10.4. The van der Waals surface area contributed by atoms with Crippen LogP contribution in [0.2, 0.25) is 0 Å². The summed E-state index contributed by atoms with van der Waals surface area (Å²) in [6.07, 6.45) is -13.3. The molecule has 0 rings (SSSR count). The van der Waals surface area contributed by atoms with Gasteiger partial charge in [-0.15, -0.1) is 0 Å². The molecular formula is C7H8F6O2. The van der Waals surface area contributed by atoms with Crippen molar-refractivity contribution in [1.82, 2.24) is 0 Å². The maximum absolute atomic E-state index is 12.6. The summed E-state index contributed by atoms with van der Waals surface area (Å²) in [7, 11) is 0.750. The molecular weight excluding hydrogens is 230 g/mol. The van der Waals surface area contributed by atoms with Gasteiger partial charge in [0.15, 0.2) is 6.17 Å². The standard InChI is InChI=1S/C7H8F6O2/c1-15-6(14)4(8)2-3(5(9)10)7(11,12)13/h3-5H,2H2,1H3. The van der Waals surface area contributed by atoms with Crippen molar-refractivity contribution in [3.05, 3.63) is 0 Å². The lowest BCUT2D eigenvalue weighted by molar-refractivity contribution is -0.212. The van der Waals surface area contributed by atoms with Gasteiger partial charge in [-0.25, -0.2) is 18.0 Å². The average Bonchev–Trinajstić information content (AvgIpc) is 2.09. The second kappa shape index (κ2) is 5.22. The number of hydrogen-bond acceptors (Lipinski definition) is 2. The van der Waals surface area contributed by atoms with E-state index >= 15 is 0 Å². The van der Waals surface area contributed by atoms with Gasteiger partial charge in [0.05, 0.1) is 7.11 Å².